The maximum atomic E-state index is 12.7. The zero-order valence-electron chi connectivity index (χ0n) is 14.9. The quantitative estimate of drug-likeness (QED) is 0.516. The van der Waals surface area contributed by atoms with Gasteiger partial charge in [0, 0.05) is 13.1 Å². The number of rotatable bonds is 6. The Morgan fingerprint density at radius 2 is 1.89 bits per heavy atom. The molecule has 0 spiro atoms. The predicted molar refractivity (Wildman–Crippen MR) is 103 cm³/mol. The van der Waals surface area contributed by atoms with E-state index < -0.39 is 11.7 Å². The van der Waals surface area contributed by atoms with Gasteiger partial charge in [-0.05, 0) is 55.3 Å². The number of halogens is 3. The molecule has 0 atom stereocenters. The number of hydrogen-bond acceptors (Lipinski definition) is 4. The van der Waals surface area contributed by atoms with Crippen molar-refractivity contribution in [2.75, 3.05) is 7.05 Å². The molecular formula is C18H19F3N4S2. The monoisotopic (exact) mass is 412 g/mol. The van der Waals surface area contributed by atoms with Crippen LogP contribution in [0.1, 0.15) is 18.1 Å². The molecule has 0 N–H and O–H groups in total. The first kappa shape index (κ1) is 19.8. The van der Waals surface area contributed by atoms with E-state index in [1.54, 1.807) is 16.0 Å². The highest BCUT2D eigenvalue weighted by molar-refractivity contribution is 7.71. The Labute approximate surface area is 164 Å². The van der Waals surface area contributed by atoms with Gasteiger partial charge in [-0.15, -0.1) is 16.4 Å². The summed E-state index contributed by atoms with van der Waals surface area (Å²) in [6.45, 7) is 3.68. The van der Waals surface area contributed by atoms with Crippen molar-refractivity contribution in [3.63, 3.8) is 0 Å². The fraction of sp³-hybridized carbons (Fsp3) is 0.333. The van der Waals surface area contributed by atoms with Crippen LogP contribution in [0.2, 0.25) is 0 Å². The van der Waals surface area contributed by atoms with Crippen LogP contribution in [-0.2, 0) is 25.9 Å². The maximum absolute atomic E-state index is 12.7. The minimum Gasteiger partial charge on any atom is -0.300 e. The van der Waals surface area contributed by atoms with E-state index in [-0.39, 0.29) is 0 Å². The molecule has 0 aliphatic heterocycles. The van der Waals surface area contributed by atoms with Crippen LogP contribution in [0.25, 0.3) is 10.7 Å². The normalized spacial score (nSPS) is 12.1. The third kappa shape index (κ3) is 4.48. The minimum atomic E-state index is -4.32. The fourth-order valence-corrected chi connectivity index (χ4v) is 3.83. The molecule has 0 bridgehead atoms. The summed E-state index contributed by atoms with van der Waals surface area (Å²) in [6, 6.07) is 9.19. The van der Waals surface area contributed by atoms with Crippen LogP contribution >= 0.6 is 23.6 Å². The number of alkyl halides is 3. The number of aromatic nitrogens is 3. The zero-order valence-corrected chi connectivity index (χ0v) is 16.5. The van der Waals surface area contributed by atoms with Crippen LogP contribution in [0.3, 0.4) is 0 Å². The molecule has 0 aliphatic carbocycles. The van der Waals surface area contributed by atoms with Crippen LogP contribution in [0, 0.1) is 4.77 Å². The molecule has 0 saturated heterocycles. The Bertz CT molecular complexity index is 941. The minimum absolute atomic E-state index is 0.450. The summed E-state index contributed by atoms with van der Waals surface area (Å²) < 4.78 is 42.4. The fourth-order valence-electron chi connectivity index (χ4n) is 2.80. The van der Waals surface area contributed by atoms with E-state index in [4.69, 9.17) is 12.2 Å². The molecule has 0 fully saturated rings. The first-order valence-electron chi connectivity index (χ1n) is 8.35. The first-order chi connectivity index (χ1) is 12.8. The molecule has 1 aromatic carbocycles. The second kappa shape index (κ2) is 7.95. The molecular weight excluding hydrogens is 393 g/mol. The van der Waals surface area contributed by atoms with Gasteiger partial charge in [0.1, 0.15) is 0 Å². The molecule has 2 heterocycles. The zero-order chi connectivity index (χ0) is 19.6. The lowest BCUT2D eigenvalue weighted by atomic mass is 10.1. The molecule has 9 heteroatoms. The van der Waals surface area contributed by atoms with Crippen LogP contribution in [0.4, 0.5) is 13.2 Å². The van der Waals surface area contributed by atoms with Gasteiger partial charge in [-0.2, -0.15) is 13.2 Å². The van der Waals surface area contributed by atoms with Gasteiger partial charge in [0.25, 0.3) is 0 Å². The average Bonchev–Trinajstić information content (AvgIpc) is 3.23. The second-order valence-electron chi connectivity index (χ2n) is 6.18. The van der Waals surface area contributed by atoms with Gasteiger partial charge in [-0.3, -0.25) is 9.47 Å². The lowest BCUT2D eigenvalue weighted by molar-refractivity contribution is -0.137. The van der Waals surface area contributed by atoms with Gasteiger partial charge >= 0.3 is 6.18 Å². The topological polar surface area (TPSA) is 26.0 Å². The first-order valence-corrected chi connectivity index (χ1v) is 9.64. The van der Waals surface area contributed by atoms with Crippen molar-refractivity contribution in [1.82, 2.24) is 19.2 Å². The summed E-state index contributed by atoms with van der Waals surface area (Å²) in [4.78, 5) is 3.01. The van der Waals surface area contributed by atoms with Crippen LogP contribution in [0.5, 0.6) is 0 Å². The number of benzene rings is 1. The van der Waals surface area contributed by atoms with Gasteiger partial charge in [0.2, 0.25) is 0 Å². The molecule has 27 heavy (non-hydrogen) atoms. The van der Waals surface area contributed by atoms with Crippen molar-refractivity contribution in [3.8, 4) is 10.7 Å². The molecule has 0 radical (unpaired) electrons. The van der Waals surface area contributed by atoms with E-state index in [2.05, 4.69) is 5.10 Å². The third-order valence-electron chi connectivity index (χ3n) is 4.09. The number of nitrogens with zero attached hydrogens (tertiary/aromatic N) is 4. The molecule has 3 aromatic rings. The highest BCUT2D eigenvalue weighted by Gasteiger charge is 2.29. The Balaban J connectivity index is 1.75. The highest BCUT2D eigenvalue weighted by atomic mass is 32.1. The summed E-state index contributed by atoms with van der Waals surface area (Å²) in [6.07, 6.45) is -4.32. The van der Waals surface area contributed by atoms with Gasteiger partial charge in [0.15, 0.2) is 10.6 Å². The summed E-state index contributed by atoms with van der Waals surface area (Å²) in [5.41, 5.74) is 0.156. The lowest BCUT2D eigenvalue weighted by Crippen LogP contribution is -2.22. The predicted octanol–water partition coefficient (Wildman–Crippen LogP) is 5.27. The smallest absolute Gasteiger partial charge is 0.300 e. The molecule has 0 saturated carbocycles. The molecule has 0 amide bonds. The standard InChI is InChI=1S/C18H19F3N4S2/c1-3-24-16(15-5-4-10-27-15)22-25(17(24)26)12-23(2)11-13-6-8-14(9-7-13)18(19,20)21/h4-10H,3,11-12H2,1-2H3. The van der Waals surface area contributed by atoms with E-state index in [1.807, 2.05) is 41.0 Å². The van der Waals surface area contributed by atoms with Crippen molar-refractivity contribution in [1.29, 1.82) is 0 Å². The largest absolute Gasteiger partial charge is 0.416 e. The van der Waals surface area contributed by atoms with Crippen LogP contribution in [0.15, 0.2) is 41.8 Å². The third-order valence-corrected chi connectivity index (χ3v) is 5.39. The Morgan fingerprint density at radius 1 is 1.19 bits per heavy atom. The van der Waals surface area contributed by atoms with Gasteiger partial charge < -0.3 is 0 Å². The van der Waals surface area contributed by atoms with E-state index in [0.29, 0.717) is 24.5 Å². The molecule has 0 unspecified atom stereocenters. The Hall–Kier alpha value is -1.97. The van der Waals surface area contributed by atoms with Gasteiger partial charge in [-0.1, -0.05) is 18.2 Å². The second-order valence-corrected chi connectivity index (χ2v) is 7.49. The molecule has 0 aliphatic rings. The maximum Gasteiger partial charge on any atom is 0.416 e. The van der Waals surface area contributed by atoms with Crippen LogP contribution in [-0.4, -0.2) is 26.3 Å². The summed E-state index contributed by atoms with van der Waals surface area (Å²) in [5, 5.41) is 6.64. The number of hydrogen-bond donors (Lipinski definition) is 0. The SMILES string of the molecule is CCn1c(-c2cccs2)nn(CN(C)Cc2ccc(C(F)(F)F)cc2)c1=S. The van der Waals surface area contributed by atoms with Crippen molar-refractivity contribution in [2.45, 2.75) is 32.9 Å². The lowest BCUT2D eigenvalue weighted by Gasteiger charge is -2.17. The van der Waals surface area contributed by atoms with Crippen molar-refractivity contribution in [3.05, 3.63) is 57.7 Å². The summed E-state index contributed by atoms with van der Waals surface area (Å²) in [7, 11) is 1.88. The van der Waals surface area contributed by atoms with E-state index >= 15 is 0 Å². The van der Waals surface area contributed by atoms with Gasteiger partial charge in [-0.25, -0.2) is 4.68 Å². The van der Waals surface area contributed by atoms with E-state index in [1.165, 1.54) is 12.1 Å². The van der Waals surface area contributed by atoms with E-state index in [9.17, 15) is 13.2 Å². The molecule has 4 nitrogen and oxygen atoms in total. The molecule has 144 valence electrons. The van der Waals surface area contributed by atoms with E-state index in [0.717, 1.165) is 28.4 Å². The van der Waals surface area contributed by atoms with Crippen molar-refractivity contribution < 1.29 is 13.2 Å². The summed E-state index contributed by atoms with van der Waals surface area (Å²) in [5.74, 6) is 0.834. The average molecular weight is 413 g/mol. The Kier molecular flexibility index (Phi) is 5.83. The number of thiophene rings is 1. The van der Waals surface area contributed by atoms with Crippen molar-refractivity contribution >= 4 is 23.6 Å². The Morgan fingerprint density at radius 3 is 2.44 bits per heavy atom. The summed E-state index contributed by atoms with van der Waals surface area (Å²) >= 11 is 7.15. The van der Waals surface area contributed by atoms with Gasteiger partial charge in [0.05, 0.1) is 17.1 Å². The molecule has 3 rings (SSSR count). The molecule has 2 aromatic heterocycles. The van der Waals surface area contributed by atoms with Crippen molar-refractivity contribution in [2.24, 2.45) is 0 Å². The van der Waals surface area contributed by atoms with Crippen LogP contribution < -0.4 is 0 Å². The highest BCUT2D eigenvalue weighted by Crippen LogP contribution is 2.29.